The van der Waals surface area contributed by atoms with Gasteiger partial charge in [-0.3, -0.25) is 4.79 Å². The molecule has 0 fully saturated rings. The number of carbonyl (C=O) groups is 1. The van der Waals surface area contributed by atoms with E-state index in [9.17, 15) is 9.18 Å². The summed E-state index contributed by atoms with van der Waals surface area (Å²) < 4.78 is 24.6. The molecule has 2 aromatic carbocycles. The highest BCUT2D eigenvalue weighted by molar-refractivity contribution is 5.95. The summed E-state index contributed by atoms with van der Waals surface area (Å²) in [6, 6.07) is 11.1. The third-order valence-electron chi connectivity index (χ3n) is 3.05. The molecular formula is C15H13FN2O3. The molecule has 108 valence electrons. The van der Waals surface area contributed by atoms with Crippen molar-refractivity contribution in [3.8, 4) is 11.5 Å². The number of nitrogens with two attached hydrogens (primary N) is 1. The second kappa shape index (κ2) is 5.32. The van der Waals surface area contributed by atoms with Gasteiger partial charge in [-0.25, -0.2) is 4.39 Å². The summed E-state index contributed by atoms with van der Waals surface area (Å²) in [6.07, 6.45) is -0.836. The van der Waals surface area contributed by atoms with Crippen LogP contribution in [0.4, 0.5) is 15.8 Å². The van der Waals surface area contributed by atoms with Gasteiger partial charge in [0.25, 0.3) is 5.91 Å². The molecule has 3 N–H and O–H groups in total. The van der Waals surface area contributed by atoms with E-state index in [0.717, 1.165) is 6.07 Å². The molecular weight excluding hydrogens is 275 g/mol. The topological polar surface area (TPSA) is 73.6 Å². The first-order valence-corrected chi connectivity index (χ1v) is 6.38. The summed E-state index contributed by atoms with van der Waals surface area (Å²) in [6.45, 7) is 0.0689. The fraction of sp³-hybridized carbons (Fsp3) is 0.133. The Kier molecular flexibility index (Phi) is 3.35. The molecule has 5 nitrogen and oxygen atoms in total. The van der Waals surface area contributed by atoms with Crippen LogP contribution in [0.3, 0.4) is 0 Å². The van der Waals surface area contributed by atoms with Gasteiger partial charge >= 0.3 is 0 Å². The van der Waals surface area contributed by atoms with E-state index in [2.05, 4.69) is 5.32 Å². The van der Waals surface area contributed by atoms with Crippen LogP contribution in [0.1, 0.15) is 0 Å². The monoisotopic (exact) mass is 288 g/mol. The van der Waals surface area contributed by atoms with E-state index in [0.29, 0.717) is 11.5 Å². The van der Waals surface area contributed by atoms with Crippen LogP contribution < -0.4 is 20.5 Å². The van der Waals surface area contributed by atoms with Crippen LogP contribution in [-0.2, 0) is 4.79 Å². The van der Waals surface area contributed by atoms with Crippen molar-refractivity contribution in [2.24, 2.45) is 0 Å². The van der Waals surface area contributed by atoms with Crippen molar-refractivity contribution in [1.29, 1.82) is 0 Å². The Labute approximate surface area is 120 Å². The van der Waals surface area contributed by atoms with Gasteiger partial charge in [0.05, 0.1) is 5.69 Å². The Morgan fingerprint density at radius 3 is 2.76 bits per heavy atom. The number of anilines is 2. The molecule has 0 bridgehead atoms. The summed E-state index contributed by atoms with van der Waals surface area (Å²) in [4.78, 5) is 12.1. The molecule has 6 heteroatoms. The lowest BCUT2D eigenvalue weighted by molar-refractivity contribution is -0.125. The van der Waals surface area contributed by atoms with Crippen molar-refractivity contribution >= 4 is 17.3 Å². The fourth-order valence-electron chi connectivity index (χ4n) is 1.99. The standard InChI is InChI=1S/C15H13FN2O3/c16-10-7-9(17)5-6-11(10)18-15(19)14-8-20-12-3-1-2-4-13(12)21-14/h1-7,14H,8,17H2,(H,18,19). The number of rotatable bonds is 2. The third-order valence-corrected chi connectivity index (χ3v) is 3.05. The number of ether oxygens (including phenoxy) is 2. The maximum absolute atomic E-state index is 13.7. The van der Waals surface area contributed by atoms with Gasteiger partial charge in [-0.1, -0.05) is 12.1 Å². The Hall–Kier alpha value is -2.76. The number of benzene rings is 2. The van der Waals surface area contributed by atoms with Crippen LogP contribution in [0.15, 0.2) is 42.5 Å². The van der Waals surface area contributed by atoms with E-state index in [-0.39, 0.29) is 18.0 Å². The number of nitrogens with one attached hydrogen (secondary N) is 1. The number of fused-ring (bicyclic) bond motifs is 1. The van der Waals surface area contributed by atoms with Crippen molar-refractivity contribution in [3.05, 3.63) is 48.3 Å². The Morgan fingerprint density at radius 1 is 1.24 bits per heavy atom. The average molecular weight is 288 g/mol. The molecule has 0 saturated heterocycles. The number of para-hydroxylation sites is 2. The predicted molar refractivity (Wildman–Crippen MR) is 75.8 cm³/mol. The molecule has 21 heavy (non-hydrogen) atoms. The van der Waals surface area contributed by atoms with Gasteiger partial charge in [-0.15, -0.1) is 0 Å². The van der Waals surface area contributed by atoms with E-state index < -0.39 is 17.8 Å². The molecule has 0 aliphatic carbocycles. The first-order valence-electron chi connectivity index (χ1n) is 6.38. The predicted octanol–water partition coefficient (Wildman–Crippen LogP) is 2.19. The lowest BCUT2D eigenvalue weighted by Crippen LogP contribution is -2.40. The van der Waals surface area contributed by atoms with Crippen LogP contribution in [0.5, 0.6) is 11.5 Å². The lowest BCUT2D eigenvalue weighted by atomic mass is 10.2. The highest BCUT2D eigenvalue weighted by Gasteiger charge is 2.27. The minimum absolute atomic E-state index is 0.0525. The average Bonchev–Trinajstić information content (AvgIpc) is 2.49. The normalized spacial score (nSPS) is 16.3. The van der Waals surface area contributed by atoms with Gasteiger partial charge < -0.3 is 20.5 Å². The van der Waals surface area contributed by atoms with Gasteiger partial charge in [0.1, 0.15) is 12.4 Å². The molecule has 0 saturated carbocycles. The minimum atomic E-state index is -0.836. The second-order valence-electron chi connectivity index (χ2n) is 4.59. The molecule has 3 rings (SSSR count). The smallest absolute Gasteiger partial charge is 0.269 e. The SMILES string of the molecule is Nc1ccc(NC(=O)C2COc3ccccc3O2)c(F)c1. The van der Waals surface area contributed by atoms with E-state index in [1.165, 1.54) is 12.1 Å². The summed E-state index contributed by atoms with van der Waals surface area (Å²) in [7, 11) is 0. The number of hydrogen-bond donors (Lipinski definition) is 2. The molecule has 0 aromatic heterocycles. The van der Waals surface area contributed by atoms with E-state index in [4.69, 9.17) is 15.2 Å². The highest BCUT2D eigenvalue weighted by atomic mass is 19.1. The van der Waals surface area contributed by atoms with Crippen molar-refractivity contribution in [3.63, 3.8) is 0 Å². The zero-order chi connectivity index (χ0) is 14.8. The fourth-order valence-corrected chi connectivity index (χ4v) is 1.99. The minimum Gasteiger partial charge on any atom is -0.485 e. The zero-order valence-corrected chi connectivity index (χ0v) is 11.0. The van der Waals surface area contributed by atoms with Crippen LogP contribution in [0.25, 0.3) is 0 Å². The Bertz CT molecular complexity index is 690. The van der Waals surface area contributed by atoms with Crippen LogP contribution in [0.2, 0.25) is 0 Å². The molecule has 0 spiro atoms. The Balaban J connectivity index is 1.72. The first-order chi connectivity index (χ1) is 10.1. The van der Waals surface area contributed by atoms with Crippen molar-refractivity contribution in [2.75, 3.05) is 17.7 Å². The summed E-state index contributed by atoms with van der Waals surface area (Å²) in [5.41, 5.74) is 5.80. The second-order valence-corrected chi connectivity index (χ2v) is 4.59. The van der Waals surface area contributed by atoms with E-state index >= 15 is 0 Å². The maximum atomic E-state index is 13.7. The van der Waals surface area contributed by atoms with Gasteiger partial charge in [0, 0.05) is 5.69 Å². The molecule has 1 aliphatic heterocycles. The summed E-state index contributed by atoms with van der Waals surface area (Å²) >= 11 is 0. The summed E-state index contributed by atoms with van der Waals surface area (Å²) in [5, 5.41) is 2.46. The lowest BCUT2D eigenvalue weighted by Gasteiger charge is -2.25. The molecule has 0 radical (unpaired) electrons. The van der Waals surface area contributed by atoms with Crippen molar-refractivity contribution in [2.45, 2.75) is 6.10 Å². The number of halogens is 1. The third kappa shape index (κ3) is 2.74. The molecule has 1 unspecified atom stereocenters. The van der Waals surface area contributed by atoms with Crippen molar-refractivity contribution in [1.82, 2.24) is 0 Å². The van der Waals surface area contributed by atoms with Gasteiger partial charge in [-0.05, 0) is 30.3 Å². The first kappa shape index (κ1) is 13.2. The molecule has 1 atom stereocenters. The largest absolute Gasteiger partial charge is 0.485 e. The zero-order valence-electron chi connectivity index (χ0n) is 11.0. The summed E-state index contributed by atoms with van der Waals surface area (Å²) in [5.74, 6) is -0.00412. The van der Waals surface area contributed by atoms with Crippen LogP contribution >= 0.6 is 0 Å². The molecule has 1 heterocycles. The number of hydrogen-bond acceptors (Lipinski definition) is 4. The number of amides is 1. The van der Waals surface area contributed by atoms with E-state index in [1.54, 1.807) is 18.2 Å². The van der Waals surface area contributed by atoms with Gasteiger partial charge in [0.15, 0.2) is 11.5 Å². The molecule has 1 amide bonds. The Morgan fingerprint density at radius 2 is 2.00 bits per heavy atom. The molecule has 2 aromatic rings. The number of nitrogen functional groups attached to an aromatic ring is 1. The molecule has 1 aliphatic rings. The van der Waals surface area contributed by atoms with Gasteiger partial charge in [0.2, 0.25) is 6.10 Å². The maximum Gasteiger partial charge on any atom is 0.269 e. The van der Waals surface area contributed by atoms with Crippen molar-refractivity contribution < 1.29 is 18.7 Å². The highest BCUT2D eigenvalue weighted by Crippen LogP contribution is 2.31. The van der Waals surface area contributed by atoms with Gasteiger partial charge in [-0.2, -0.15) is 0 Å². The van der Waals surface area contributed by atoms with E-state index in [1.807, 2.05) is 6.07 Å². The number of carbonyl (C=O) groups excluding carboxylic acids is 1. The quantitative estimate of drug-likeness (QED) is 0.831. The van der Waals surface area contributed by atoms with Crippen LogP contribution in [0, 0.1) is 5.82 Å². The van der Waals surface area contributed by atoms with Crippen LogP contribution in [-0.4, -0.2) is 18.6 Å².